The van der Waals surface area contributed by atoms with E-state index in [9.17, 15) is 19.2 Å². The van der Waals surface area contributed by atoms with Gasteiger partial charge in [0, 0.05) is 0 Å². The molecule has 1 aliphatic carbocycles. The van der Waals surface area contributed by atoms with Crippen molar-refractivity contribution < 1.29 is 23.9 Å². The van der Waals surface area contributed by atoms with E-state index in [2.05, 4.69) is 16.2 Å². The van der Waals surface area contributed by atoms with Crippen LogP contribution in [0.3, 0.4) is 0 Å². The second-order valence-corrected chi connectivity index (χ2v) is 7.79. The largest absolute Gasteiger partial charge is 0.483 e. The quantitative estimate of drug-likeness (QED) is 0.477. The van der Waals surface area contributed by atoms with Crippen molar-refractivity contribution in [3.8, 4) is 5.75 Å². The molecule has 1 aromatic carbocycles. The molecule has 2 fully saturated rings. The van der Waals surface area contributed by atoms with E-state index in [1.54, 1.807) is 6.07 Å². The van der Waals surface area contributed by atoms with E-state index in [0.717, 1.165) is 36.1 Å². The van der Waals surface area contributed by atoms with E-state index in [0.29, 0.717) is 12.2 Å². The fourth-order valence-corrected chi connectivity index (χ4v) is 4.08. The lowest BCUT2D eigenvalue weighted by atomic mass is 9.73. The smallest absolute Gasteiger partial charge is 0.325 e. The molecule has 1 saturated heterocycles. The normalized spacial score (nSPS) is 23.3. The maximum absolute atomic E-state index is 12.9. The molecule has 0 aromatic heterocycles. The van der Waals surface area contributed by atoms with Gasteiger partial charge >= 0.3 is 6.03 Å². The zero-order valence-electron chi connectivity index (χ0n) is 17.3. The lowest BCUT2D eigenvalue weighted by Crippen LogP contribution is -2.54. The predicted octanol–water partition coefficient (Wildman–Crippen LogP) is 1.28. The summed E-state index contributed by atoms with van der Waals surface area (Å²) in [5, 5.41) is 2.79. The number of benzene rings is 1. The lowest BCUT2D eigenvalue weighted by Gasteiger charge is -2.36. The SMILES string of the molecule is CCc1ccccc1OCC(=O)NNC(=O)CN1C(=O)NC2(CCCCC2C)C1=O. The van der Waals surface area contributed by atoms with Gasteiger partial charge in [-0.2, -0.15) is 0 Å². The molecular weight excluding hydrogens is 388 g/mol. The van der Waals surface area contributed by atoms with E-state index in [1.807, 2.05) is 32.0 Å². The van der Waals surface area contributed by atoms with Gasteiger partial charge in [0.25, 0.3) is 17.7 Å². The van der Waals surface area contributed by atoms with Crippen LogP contribution in [0.2, 0.25) is 0 Å². The minimum absolute atomic E-state index is 0.0126. The van der Waals surface area contributed by atoms with Crippen LogP contribution in [0.15, 0.2) is 24.3 Å². The standard InChI is InChI=1S/C21H28N4O5/c1-3-15-9-4-5-10-16(15)30-13-18(27)24-23-17(26)12-25-19(28)21(22-20(25)29)11-7-6-8-14(21)2/h4-5,9-10,14H,3,6-8,11-13H2,1-2H3,(H,22,29)(H,23,26)(H,24,27). The van der Waals surface area contributed by atoms with Gasteiger partial charge in [-0.25, -0.2) is 4.79 Å². The zero-order valence-corrected chi connectivity index (χ0v) is 17.3. The highest BCUT2D eigenvalue weighted by Crippen LogP contribution is 2.38. The van der Waals surface area contributed by atoms with Crippen molar-refractivity contribution in [3.63, 3.8) is 0 Å². The molecule has 30 heavy (non-hydrogen) atoms. The second-order valence-electron chi connectivity index (χ2n) is 7.79. The Hall–Kier alpha value is -3.10. The molecule has 2 atom stereocenters. The van der Waals surface area contributed by atoms with Gasteiger partial charge in [-0.3, -0.25) is 30.1 Å². The van der Waals surface area contributed by atoms with Crippen LogP contribution in [0.4, 0.5) is 4.79 Å². The molecule has 1 saturated carbocycles. The highest BCUT2D eigenvalue weighted by atomic mass is 16.5. The second kappa shape index (κ2) is 9.15. The number of urea groups is 1. The molecule has 5 amide bonds. The highest BCUT2D eigenvalue weighted by Gasteiger charge is 2.55. The Labute approximate surface area is 175 Å². The van der Waals surface area contributed by atoms with Crippen molar-refractivity contribution in [2.24, 2.45) is 5.92 Å². The van der Waals surface area contributed by atoms with E-state index in [-0.39, 0.29) is 18.4 Å². The van der Waals surface area contributed by atoms with Gasteiger partial charge in [0.05, 0.1) is 0 Å². The van der Waals surface area contributed by atoms with Crippen molar-refractivity contribution >= 4 is 23.8 Å². The summed E-state index contributed by atoms with van der Waals surface area (Å²) in [5.74, 6) is -0.975. The Morgan fingerprint density at radius 2 is 1.93 bits per heavy atom. The number of imide groups is 1. The molecule has 3 N–H and O–H groups in total. The Morgan fingerprint density at radius 3 is 2.67 bits per heavy atom. The van der Waals surface area contributed by atoms with Gasteiger partial charge < -0.3 is 10.1 Å². The summed E-state index contributed by atoms with van der Waals surface area (Å²) in [6.07, 6.45) is 4.06. The topological polar surface area (TPSA) is 117 Å². The molecule has 1 aromatic rings. The van der Waals surface area contributed by atoms with E-state index < -0.39 is 29.9 Å². The van der Waals surface area contributed by atoms with Gasteiger partial charge in [-0.15, -0.1) is 0 Å². The Morgan fingerprint density at radius 1 is 1.20 bits per heavy atom. The number of carbonyl (C=O) groups excluding carboxylic acids is 4. The third kappa shape index (κ3) is 4.39. The van der Waals surface area contributed by atoms with Crippen LogP contribution in [0.5, 0.6) is 5.75 Å². The number of hydrazine groups is 1. The summed E-state index contributed by atoms with van der Waals surface area (Å²) in [6.45, 7) is 3.19. The first-order chi connectivity index (χ1) is 14.4. The summed E-state index contributed by atoms with van der Waals surface area (Å²) >= 11 is 0. The summed E-state index contributed by atoms with van der Waals surface area (Å²) in [4.78, 5) is 50.2. The van der Waals surface area contributed by atoms with Crippen LogP contribution in [0, 0.1) is 5.92 Å². The number of aryl methyl sites for hydroxylation is 1. The maximum Gasteiger partial charge on any atom is 0.325 e. The van der Waals surface area contributed by atoms with Crippen molar-refractivity contribution in [2.75, 3.05) is 13.2 Å². The third-order valence-electron chi connectivity index (χ3n) is 5.86. The number of hydrogen-bond donors (Lipinski definition) is 3. The monoisotopic (exact) mass is 416 g/mol. The number of para-hydroxylation sites is 1. The minimum Gasteiger partial charge on any atom is -0.483 e. The number of amides is 5. The van der Waals surface area contributed by atoms with Gasteiger partial charge in [0.1, 0.15) is 17.8 Å². The van der Waals surface area contributed by atoms with Crippen LogP contribution >= 0.6 is 0 Å². The first-order valence-corrected chi connectivity index (χ1v) is 10.3. The van der Waals surface area contributed by atoms with E-state index in [1.165, 1.54) is 0 Å². The molecule has 0 bridgehead atoms. The summed E-state index contributed by atoms with van der Waals surface area (Å²) in [6, 6.07) is 6.80. The van der Waals surface area contributed by atoms with Gasteiger partial charge in [-0.05, 0) is 36.8 Å². The Balaban J connectivity index is 1.48. The van der Waals surface area contributed by atoms with Crippen LogP contribution in [0.25, 0.3) is 0 Å². The van der Waals surface area contributed by atoms with Crippen LogP contribution in [-0.4, -0.2) is 47.3 Å². The van der Waals surface area contributed by atoms with Crippen molar-refractivity contribution in [2.45, 2.75) is 51.5 Å². The molecule has 0 radical (unpaired) electrons. The third-order valence-corrected chi connectivity index (χ3v) is 5.86. The van der Waals surface area contributed by atoms with Gasteiger partial charge in [0.15, 0.2) is 6.61 Å². The molecule has 9 heteroatoms. The first-order valence-electron chi connectivity index (χ1n) is 10.3. The molecule has 3 rings (SSSR count). The Bertz CT molecular complexity index is 842. The van der Waals surface area contributed by atoms with E-state index in [4.69, 9.17) is 4.74 Å². The Kier molecular flexibility index (Phi) is 6.59. The number of nitrogens with one attached hydrogen (secondary N) is 3. The predicted molar refractivity (Wildman–Crippen MR) is 108 cm³/mol. The van der Waals surface area contributed by atoms with Crippen molar-refractivity contribution in [1.29, 1.82) is 0 Å². The van der Waals surface area contributed by atoms with Crippen molar-refractivity contribution in [1.82, 2.24) is 21.1 Å². The van der Waals surface area contributed by atoms with Crippen LogP contribution < -0.4 is 20.9 Å². The number of nitrogens with zero attached hydrogens (tertiary/aromatic N) is 1. The molecule has 9 nitrogen and oxygen atoms in total. The van der Waals surface area contributed by atoms with Gasteiger partial charge in [0.2, 0.25) is 0 Å². The fraction of sp³-hybridized carbons (Fsp3) is 0.524. The van der Waals surface area contributed by atoms with Crippen LogP contribution in [0.1, 0.15) is 45.1 Å². The molecule has 1 spiro atoms. The van der Waals surface area contributed by atoms with Gasteiger partial charge in [-0.1, -0.05) is 44.9 Å². The molecule has 2 aliphatic rings. The van der Waals surface area contributed by atoms with Crippen LogP contribution in [-0.2, 0) is 20.8 Å². The molecule has 1 heterocycles. The number of rotatable bonds is 6. The number of hydrogen-bond acceptors (Lipinski definition) is 5. The first kappa shape index (κ1) is 21.6. The average molecular weight is 416 g/mol. The summed E-state index contributed by atoms with van der Waals surface area (Å²) in [7, 11) is 0. The molecule has 1 aliphatic heterocycles. The average Bonchev–Trinajstić information content (AvgIpc) is 2.98. The summed E-state index contributed by atoms with van der Waals surface area (Å²) in [5.41, 5.74) is 4.52. The van der Waals surface area contributed by atoms with E-state index >= 15 is 0 Å². The summed E-state index contributed by atoms with van der Waals surface area (Å²) < 4.78 is 5.48. The minimum atomic E-state index is -0.917. The highest BCUT2D eigenvalue weighted by molar-refractivity contribution is 6.09. The zero-order chi connectivity index (χ0) is 21.7. The fourth-order valence-electron chi connectivity index (χ4n) is 4.08. The maximum atomic E-state index is 12.9. The number of ether oxygens (including phenoxy) is 1. The molecule has 162 valence electrons. The molecule has 2 unspecified atom stereocenters. The lowest BCUT2D eigenvalue weighted by molar-refractivity contribution is -0.138. The van der Waals surface area contributed by atoms with Crippen molar-refractivity contribution in [3.05, 3.63) is 29.8 Å². The number of carbonyl (C=O) groups is 4. The molecular formula is C21H28N4O5.